The summed E-state index contributed by atoms with van der Waals surface area (Å²) in [5.74, 6) is -0.0192. The lowest BCUT2D eigenvalue weighted by Gasteiger charge is -2.00. The fraction of sp³-hybridized carbons (Fsp3) is 0.133. The molecule has 0 aliphatic rings. The third-order valence-electron chi connectivity index (χ3n) is 2.81. The largest absolute Gasteiger partial charge is 0.471 e. The first-order valence-electron chi connectivity index (χ1n) is 6.59. The van der Waals surface area contributed by atoms with Gasteiger partial charge in [0.1, 0.15) is 11.6 Å². The second-order valence-corrected chi connectivity index (χ2v) is 5.40. The summed E-state index contributed by atoms with van der Waals surface area (Å²) in [6.45, 7) is 2.22. The van der Waals surface area contributed by atoms with Crippen molar-refractivity contribution in [1.82, 2.24) is 9.53 Å². The van der Waals surface area contributed by atoms with Crippen molar-refractivity contribution in [3.63, 3.8) is 0 Å². The first-order valence-corrected chi connectivity index (χ1v) is 7.36. The number of anilines is 1. The van der Waals surface area contributed by atoms with Crippen LogP contribution < -0.4 is 10.1 Å². The fourth-order valence-electron chi connectivity index (χ4n) is 1.76. The summed E-state index contributed by atoms with van der Waals surface area (Å²) in [5, 5.41) is 7.08. The van der Waals surface area contributed by atoms with Gasteiger partial charge in [0, 0.05) is 0 Å². The van der Waals surface area contributed by atoms with Crippen LogP contribution in [0.2, 0.25) is 0 Å². The van der Waals surface area contributed by atoms with Crippen molar-refractivity contribution in [2.24, 2.45) is 0 Å². The second kappa shape index (κ2) is 6.40. The standard InChI is InChI=1S/C15H13N3O3S/c1-10-7-14(22-18-10)16-15(19)12-8-13(17-21-12)20-9-11-5-3-2-4-6-11/h2-8H,9H2,1H3,(H,16,19). The van der Waals surface area contributed by atoms with E-state index in [2.05, 4.69) is 14.8 Å². The minimum atomic E-state index is -0.384. The Bertz CT molecular complexity index is 767. The van der Waals surface area contributed by atoms with E-state index in [0.29, 0.717) is 11.6 Å². The lowest BCUT2D eigenvalue weighted by atomic mass is 10.2. The molecule has 0 spiro atoms. The Hall–Kier alpha value is -2.67. The molecule has 3 aromatic rings. The molecule has 1 amide bonds. The predicted molar refractivity (Wildman–Crippen MR) is 82.1 cm³/mol. The number of aryl methyl sites for hydroxylation is 1. The van der Waals surface area contributed by atoms with Crippen LogP contribution in [0.1, 0.15) is 21.8 Å². The van der Waals surface area contributed by atoms with E-state index in [4.69, 9.17) is 9.26 Å². The van der Waals surface area contributed by atoms with Crippen molar-refractivity contribution in [3.05, 3.63) is 59.5 Å². The number of carbonyl (C=O) groups excluding carboxylic acids is 1. The molecule has 112 valence electrons. The monoisotopic (exact) mass is 315 g/mol. The quantitative estimate of drug-likeness (QED) is 0.782. The summed E-state index contributed by atoms with van der Waals surface area (Å²) in [6.07, 6.45) is 0. The molecule has 0 bridgehead atoms. The van der Waals surface area contributed by atoms with Gasteiger partial charge in [-0.2, -0.15) is 4.37 Å². The second-order valence-electron chi connectivity index (χ2n) is 4.59. The van der Waals surface area contributed by atoms with Gasteiger partial charge in [-0.1, -0.05) is 30.3 Å². The van der Waals surface area contributed by atoms with Crippen molar-refractivity contribution in [2.75, 3.05) is 5.32 Å². The molecule has 0 saturated heterocycles. The summed E-state index contributed by atoms with van der Waals surface area (Å²) in [7, 11) is 0. The van der Waals surface area contributed by atoms with Gasteiger partial charge in [-0.05, 0) is 35.2 Å². The number of carbonyl (C=O) groups is 1. The highest BCUT2D eigenvalue weighted by Gasteiger charge is 2.15. The van der Waals surface area contributed by atoms with Crippen LogP contribution in [-0.2, 0) is 6.61 Å². The number of nitrogens with one attached hydrogen (secondary N) is 1. The van der Waals surface area contributed by atoms with Gasteiger partial charge < -0.3 is 14.6 Å². The van der Waals surface area contributed by atoms with E-state index in [-0.39, 0.29) is 17.5 Å². The van der Waals surface area contributed by atoms with Crippen LogP contribution in [-0.4, -0.2) is 15.4 Å². The summed E-state index contributed by atoms with van der Waals surface area (Å²) < 4.78 is 14.6. The Labute approximate surface area is 130 Å². The molecule has 1 N–H and O–H groups in total. The van der Waals surface area contributed by atoms with Gasteiger partial charge in [0.25, 0.3) is 11.8 Å². The van der Waals surface area contributed by atoms with E-state index in [9.17, 15) is 4.79 Å². The van der Waals surface area contributed by atoms with Crippen LogP contribution in [0.15, 0.2) is 47.0 Å². The number of amides is 1. The molecule has 0 atom stereocenters. The Kier molecular flexibility index (Phi) is 4.15. The molecular formula is C15H13N3O3S. The maximum atomic E-state index is 12.0. The first kappa shape index (κ1) is 14.3. The highest BCUT2D eigenvalue weighted by atomic mass is 32.1. The lowest BCUT2D eigenvalue weighted by molar-refractivity contribution is 0.0988. The van der Waals surface area contributed by atoms with E-state index in [0.717, 1.165) is 11.3 Å². The zero-order valence-electron chi connectivity index (χ0n) is 11.8. The zero-order chi connectivity index (χ0) is 15.4. The van der Waals surface area contributed by atoms with Gasteiger partial charge >= 0.3 is 0 Å². The molecule has 7 heteroatoms. The molecule has 22 heavy (non-hydrogen) atoms. The maximum absolute atomic E-state index is 12.0. The van der Waals surface area contributed by atoms with Gasteiger partial charge in [-0.25, -0.2) is 0 Å². The number of hydrogen-bond acceptors (Lipinski definition) is 6. The lowest BCUT2D eigenvalue weighted by Crippen LogP contribution is -2.09. The molecule has 0 unspecified atom stereocenters. The van der Waals surface area contributed by atoms with Crippen LogP contribution >= 0.6 is 11.5 Å². The van der Waals surface area contributed by atoms with Crippen LogP contribution in [0.3, 0.4) is 0 Å². The van der Waals surface area contributed by atoms with Crippen molar-refractivity contribution in [1.29, 1.82) is 0 Å². The highest BCUT2D eigenvalue weighted by molar-refractivity contribution is 7.10. The molecule has 0 aliphatic heterocycles. The number of rotatable bonds is 5. The molecule has 0 radical (unpaired) electrons. The molecule has 2 heterocycles. The van der Waals surface area contributed by atoms with Crippen LogP contribution in [0.25, 0.3) is 0 Å². The maximum Gasteiger partial charge on any atom is 0.295 e. The Morgan fingerprint density at radius 2 is 2.14 bits per heavy atom. The highest BCUT2D eigenvalue weighted by Crippen LogP contribution is 2.18. The normalized spacial score (nSPS) is 10.4. The molecule has 3 rings (SSSR count). The fourth-order valence-corrected chi connectivity index (χ4v) is 2.42. The minimum absolute atomic E-state index is 0.0918. The topological polar surface area (TPSA) is 77.2 Å². The average Bonchev–Trinajstić information content (AvgIpc) is 3.15. The SMILES string of the molecule is Cc1cc(NC(=O)c2cc(OCc3ccccc3)no2)sn1. The molecule has 6 nitrogen and oxygen atoms in total. The van der Waals surface area contributed by atoms with Crippen LogP contribution in [0.4, 0.5) is 5.00 Å². The van der Waals surface area contributed by atoms with E-state index in [1.807, 2.05) is 37.3 Å². The van der Waals surface area contributed by atoms with Crippen LogP contribution in [0.5, 0.6) is 5.88 Å². The number of hydrogen-bond donors (Lipinski definition) is 1. The van der Waals surface area contributed by atoms with Crippen molar-refractivity contribution in [2.45, 2.75) is 13.5 Å². The molecular weight excluding hydrogens is 302 g/mol. The van der Waals surface area contributed by atoms with Gasteiger partial charge in [-0.3, -0.25) is 4.79 Å². The first-order chi connectivity index (χ1) is 10.7. The Morgan fingerprint density at radius 3 is 2.86 bits per heavy atom. The minimum Gasteiger partial charge on any atom is -0.471 e. The van der Waals surface area contributed by atoms with Gasteiger partial charge in [0.15, 0.2) is 0 Å². The average molecular weight is 315 g/mol. The van der Waals surface area contributed by atoms with E-state index < -0.39 is 0 Å². The van der Waals surface area contributed by atoms with E-state index in [1.165, 1.54) is 17.6 Å². The Morgan fingerprint density at radius 1 is 1.32 bits per heavy atom. The zero-order valence-corrected chi connectivity index (χ0v) is 12.6. The third-order valence-corrected chi connectivity index (χ3v) is 3.60. The van der Waals surface area contributed by atoms with Crippen molar-refractivity contribution in [3.8, 4) is 5.88 Å². The molecule has 2 aromatic heterocycles. The summed E-state index contributed by atoms with van der Waals surface area (Å²) in [4.78, 5) is 12.0. The molecule has 0 aliphatic carbocycles. The summed E-state index contributed by atoms with van der Waals surface area (Å²) in [6, 6.07) is 12.9. The molecule has 0 fully saturated rings. The summed E-state index contributed by atoms with van der Waals surface area (Å²) >= 11 is 1.21. The number of nitrogens with zero attached hydrogens (tertiary/aromatic N) is 2. The van der Waals surface area contributed by atoms with Gasteiger partial charge in [0.05, 0.1) is 11.8 Å². The number of aromatic nitrogens is 2. The Balaban J connectivity index is 1.59. The number of ether oxygens (including phenoxy) is 1. The summed E-state index contributed by atoms with van der Waals surface area (Å²) in [5.41, 5.74) is 1.86. The van der Waals surface area contributed by atoms with Crippen molar-refractivity contribution >= 4 is 22.4 Å². The molecule has 0 saturated carbocycles. The van der Waals surface area contributed by atoms with Gasteiger partial charge in [-0.15, -0.1) is 0 Å². The number of benzene rings is 1. The third kappa shape index (κ3) is 3.50. The van der Waals surface area contributed by atoms with E-state index >= 15 is 0 Å². The van der Waals surface area contributed by atoms with Crippen molar-refractivity contribution < 1.29 is 14.1 Å². The van der Waals surface area contributed by atoms with E-state index in [1.54, 1.807) is 6.07 Å². The van der Waals surface area contributed by atoms with Crippen LogP contribution in [0, 0.1) is 6.92 Å². The van der Waals surface area contributed by atoms with Gasteiger partial charge in [0.2, 0.25) is 5.76 Å². The predicted octanol–water partition coefficient (Wildman–Crippen LogP) is 3.27. The smallest absolute Gasteiger partial charge is 0.295 e. The molecule has 1 aromatic carbocycles.